The molecule has 0 radical (unpaired) electrons. The van der Waals surface area contributed by atoms with Crippen LogP contribution in [0.1, 0.15) is 39.5 Å². The van der Waals surface area contributed by atoms with Crippen LogP contribution < -0.4 is 5.73 Å². The van der Waals surface area contributed by atoms with Gasteiger partial charge in [0, 0.05) is 19.5 Å². The van der Waals surface area contributed by atoms with Crippen molar-refractivity contribution in [2.24, 2.45) is 17.6 Å². The summed E-state index contributed by atoms with van der Waals surface area (Å²) in [6, 6.07) is 0. The Hall–Kier alpha value is -0.570. The van der Waals surface area contributed by atoms with Crippen molar-refractivity contribution < 1.29 is 4.79 Å². The highest BCUT2D eigenvalue weighted by atomic mass is 16.2. The van der Waals surface area contributed by atoms with Gasteiger partial charge in [-0.15, -0.1) is 0 Å². The van der Waals surface area contributed by atoms with Crippen molar-refractivity contribution in [3.05, 3.63) is 0 Å². The van der Waals surface area contributed by atoms with Gasteiger partial charge in [0.25, 0.3) is 0 Å². The van der Waals surface area contributed by atoms with Crippen LogP contribution in [0, 0.1) is 11.8 Å². The summed E-state index contributed by atoms with van der Waals surface area (Å²) in [6.45, 7) is 6.86. The molecule has 15 heavy (non-hydrogen) atoms. The molecule has 0 saturated carbocycles. The molecule has 3 heteroatoms. The zero-order valence-electron chi connectivity index (χ0n) is 10.0. The third-order valence-electron chi connectivity index (χ3n) is 3.59. The first-order valence-electron chi connectivity index (χ1n) is 6.19. The van der Waals surface area contributed by atoms with Crippen LogP contribution in [0.2, 0.25) is 0 Å². The van der Waals surface area contributed by atoms with E-state index in [-0.39, 0.29) is 0 Å². The summed E-state index contributed by atoms with van der Waals surface area (Å²) >= 11 is 0. The third kappa shape index (κ3) is 3.49. The molecule has 0 bridgehead atoms. The lowest BCUT2D eigenvalue weighted by Gasteiger charge is -2.19. The lowest BCUT2D eigenvalue weighted by molar-refractivity contribution is -0.131. The number of carbonyl (C=O) groups excluding carboxylic acids is 1. The SMILES string of the molecule is CCC(CN)CC(=O)N1CCC(CC)C1. The Kier molecular flexibility index (Phi) is 5.09. The van der Waals surface area contributed by atoms with E-state index in [1.807, 2.05) is 4.90 Å². The molecule has 2 atom stereocenters. The van der Waals surface area contributed by atoms with Crippen LogP contribution in [0.5, 0.6) is 0 Å². The highest BCUT2D eigenvalue weighted by Crippen LogP contribution is 2.21. The molecule has 3 nitrogen and oxygen atoms in total. The predicted molar refractivity (Wildman–Crippen MR) is 62.4 cm³/mol. The first-order chi connectivity index (χ1) is 7.21. The Morgan fingerprint density at radius 3 is 2.73 bits per heavy atom. The average Bonchev–Trinajstić information content (AvgIpc) is 2.74. The number of hydrogen-bond donors (Lipinski definition) is 1. The van der Waals surface area contributed by atoms with E-state index in [0.29, 0.717) is 24.8 Å². The molecule has 1 amide bonds. The molecule has 0 aliphatic carbocycles. The van der Waals surface area contributed by atoms with E-state index in [2.05, 4.69) is 13.8 Å². The molecule has 1 rings (SSSR count). The van der Waals surface area contributed by atoms with Gasteiger partial charge in [0.05, 0.1) is 0 Å². The minimum absolute atomic E-state index is 0.309. The zero-order valence-corrected chi connectivity index (χ0v) is 10.0. The molecule has 0 aromatic heterocycles. The Morgan fingerprint density at radius 2 is 2.27 bits per heavy atom. The van der Waals surface area contributed by atoms with Gasteiger partial charge in [-0.1, -0.05) is 26.7 Å². The van der Waals surface area contributed by atoms with Gasteiger partial charge in [0.2, 0.25) is 5.91 Å². The third-order valence-corrected chi connectivity index (χ3v) is 3.59. The number of nitrogens with two attached hydrogens (primary N) is 1. The molecule has 0 aromatic rings. The van der Waals surface area contributed by atoms with Crippen LogP contribution >= 0.6 is 0 Å². The first-order valence-corrected chi connectivity index (χ1v) is 6.19. The highest BCUT2D eigenvalue weighted by molar-refractivity contribution is 5.76. The number of nitrogens with zero attached hydrogens (tertiary/aromatic N) is 1. The van der Waals surface area contributed by atoms with Crippen LogP contribution in [0.4, 0.5) is 0 Å². The molecule has 88 valence electrons. The summed E-state index contributed by atoms with van der Waals surface area (Å²) in [5, 5.41) is 0. The molecule has 1 fully saturated rings. The normalized spacial score (nSPS) is 23.1. The summed E-state index contributed by atoms with van der Waals surface area (Å²) in [5.41, 5.74) is 5.61. The van der Waals surface area contributed by atoms with Crippen LogP contribution in [0.15, 0.2) is 0 Å². The van der Waals surface area contributed by atoms with E-state index < -0.39 is 0 Å². The standard InChI is InChI=1S/C12H24N2O/c1-3-10-5-6-14(9-10)12(15)7-11(4-2)8-13/h10-11H,3-9,13H2,1-2H3. The number of hydrogen-bond acceptors (Lipinski definition) is 2. The molecule has 0 aromatic carbocycles. The molecule has 1 saturated heterocycles. The molecule has 1 aliphatic rings. The van der Waals surface area contributed by atoms with E-state index in [1.54, 1.807) is 0 Å². The number of rotatable bonds is 5. The Morgan fingerprint density at radius 1 is 1.53 bits per heavy atom. The molecule has 2 N–H and O–H groups in total. The van der Waals surface area contributed by atoms with Gasteiger partial charge in [0.1, 0.15) is 0 Å². The Labute approximate surface area is 93.0 Å². The minimum Gasteiger partial charge on any atom is -0.342 e. The monoisotopic (exact) mass is 212 g/mol. The lowest BCUT2D eigenvalue weighted by atomic mass is 10.0. The van der Waals surface area contributed by atoms with Crippen molar-refractivity contribution in [3.63, 3.8) is 0 Å². The maximum Gasteiger partial charge on any atom is 0.222 e. The van der Waals surface area contributed by atoms with E-state index in [9.17, 15) is 4.79 Å². The summed E-state index contributed by atoms with van der Waals surface area (Å²) in [5.74, 6) is 1.41. The predicted octanol–water partition coefficient (Wildman–Crippen LogP) is 1.62. The molecular formula is C12H24N2O. The van der Waals surface area contributed by atoms with Gasteiger partial charge < -0.3 is 10.6 Å². The minimum atomic E-state index is 0.309. The van der Waals surface area contributed by atoms with Gasteiger partial charge in [-0.05, 0) is 24.8 Å². The lowest BCUT2D eigenvalue weighted by Crippen LogP contribution is -2.31. The van der Waals surface area contributed by atoms with Crippen LogP contribution in [0.25, 0.3) is 0 Å². The van der Waals surface area contributed by atoms with Crippen molar-refractivity contribution in [1.82, 2.24) is 4.90 Å². The van der Waals surface area contributed by atoms with Gasteiger partial charge in [-0.2, -0.15) is 0 Å². The molecule has 0 spiro atoms. The quantitative estimate of drug-likeness (QED) is 0.752. The van der Waals surface area contributed by atoms with Crippen LogP contribution in [-0.4, -0.2) is 30.4 Å². The zero-order chi connectivity index (χ0) is 11.3. The van der Waals surface area contributed by atoms with E-state index >= 15 is 0 Å². The highest BCUT2D eigenvalue weighted by Gasteiger charge is 2.25. The maximum atomic E-state index is 11.9. The average molecular weight is 212 g/mol. The number of likely N-dealkylation sites (tertiary alicyclic amines) is 1. The Bertz CT molecular complexity index is 202. The smallest absolute Gasteiger partial charge is 0.222 e. The van der Waals surface area contributed by atoms with Gasteiger partial charge in [0.15, 0.2) is 0 Å². The summed E-state index contributed by atoms with van der Waals surface area (Å²) < 4.78 is 0. The van der Waals surface area contributed by atoms with E-state index in [4.69, 9.17) is 5.73 Å². The van der Waals surface area contributed by atoms with Crippen molar-refractivity contribution in [2.45, 2.75) is 39.5 Å². The van der Waals surface area contributed by atoms with Crippen molar-refractivity contribution in [1.29, 1.82) is 0 Å². The van der Waals surface area contributed by atoms with E-state index in [1.165, 1.54) is 12.8 Å². The number of amides is 1. The summed E-state index contributed by atoms with van der Waals surface area (Å²) in [4.78, 5) is 13.9. The topological polar surface area (TPSA) is 46.3 Å². The van der Waals surface area contributed by atoms with Crippen LogP contribution in [0.3, 0.4) is 0 Å². The molecule has 1 aliphatic heterocycles. The van der Waals surface area contributed by atoms with Gasteiger partial charge in [-0.25, -0.2) is 0 Å². The van der Waals surface area contributed by atoms with Crippen molar-refractivity contribution in [3.8, 4) is 0 Å². The van der Waals surface area contributed by atoms with Gasteiger partial charge in [-0.3, -0.25) is 4.79 Å². The fraction of sp³-hybridized carbons (Fsp3) is 0.917. The fourth-order valence-corrected chi connectivity index (χ4v) is 2.16. The molecule has 2 unspecified atom stereocenters. The van der Waals surface area contributed by atoms with Crippen molar-refractivity contribution in [2.75, 3.05) is 19.6 Å². The summed E-state index contributed by atoms with van der Waals surface area (Å²) in [7, 11) is 0. The second kappa shape index (κ2) is 6.11. The summed E-state index contributed by atoms with van der Waals surface area (Å²) in [6.07, 6.45) is 4.02. The van der Waals surface area contributed by atoms with Gasteiger partial charge >= 0.3 is 0 Å². The second-order valence-corrected chi connectivity index (χ2v) is 4.62. The Balaban J connectivity index is 2.34. The fourth-order valence-electron chi connectivity index (χ4n) is 2.16. The first kappa shape index (κ1) is 12.5. The second-order valence-electron chi connectivity index (χ2n) is 4.62. The largest absolute Gasteiger partial charge is 0.342 e. The molecule has 1 heterocycles. The molecular weight excluding hydrogens is 188 g/mol. The van der Waals surface area contributed by atoms with Crippen molar-refractivity contribution >= 4 is 5.91 Å². The van der Waals surface area contributed by atoms with E-state index in [0.717, 1.165) is 25.4 Å². The number of carbonyl (C=O) groups is 1. The van der Waals surface area contributed by atoms with Crippen LogP contribution in [-0.2, 0) is 4.79 Å². The maximum absolute atomic E-state index is 11.9.